The van der Waals surface area contributed by atoms with Crippen LogP contribution in [-0.4, -0.2) is 45.6 Å². The van der Waals surface area contributed by atoms with Gasteiger partial charge in [0.25, 0.3) is 11.8 Å². The van der Waals surface area contributed by atoms with Crippen molar-refractivity contribution in [2.75, 3.05) is 13.4 Å². The van der Waals surface area contributed by atoms with Crippen molar-refractivity contribution in [1.82, 2.24) is 10.0 Å². The van der Waals surface area contributed by atoms with Crippen molar-refractivity contribution in [2.24, 2.45) is 0 Å². The van der Waals surface area contributed by atoms with Crippen molar-refractivity contribution in [2.45, 2.75) is 12.5 Å². The predicted molar refractivity (Wildman–Crippen MR) is 138 cm³/mol. The first-order valence-corrected chi connectivity index (χ1v) is 13.2. The Hall–Kier alpha value is -3.40. The minimum absolute atomic E-state index is 0.0501. The number of esters is 1. The van der Waals surface area contributed by atoms with Gasteiger partial charge in [0.2, 0.25) is 10.0 Å². The summed E-state index contributed by atoms with van der Waals surface area (Å²) < 4.78 is 29.8. The molecule has 0 spiro atoms. The molecule has 0 aliphatic rings. The molecule has 2 amide bonds. The topological polar surface area (TPSA) is 119 Å². The summed E-state index contributed by atoms with van der Waals surface area (Å²) in [7, 11) is -2.52. The highest BCUT2D eigenvalue weighted by Crippen LogP contribution is 2.26. The minimum atomic E-state index is -3.73. The summed E-state index contributed by atoms with van der Waals surface area (Å²) in [6.45, 7) is 0. The van der Waals surface area contributed by atoms with Crippen LogP contribution in [0.25, 0.3) is 11.1 Å². The average Bonchev–Trinajstić information content (AvgIpc) is 2.82. The van der Waals surface area contributed by atoms with Crippen LogP contribution in [0.15, 0.2) is 66.7 Å². The quantitative estimate of drug-likeness (QED) is 0.412. The van der Waals surface area contributed by atoms with Gasteiger partial charge in [0.15, 0.2) is 0 Å². The lowest BCUT2D eigenvalue weighted by atomic mass is 9.97. The Labute approximate surface area is 218 Å². The Kier molecular flexibility index (Phi) is 8.73. The van der Waals surface area contributed by atoms with Gasteiger partial charge in [-0.15, -0.1) is 0 Å². The van der Waals surface area contributed by atoms with Gasteiger partial charge in [-0.05, 0) is 34.9 Å². The monoisotopic (exact) mass is 548 g/mol. The lowest BCUT2D eigenvalue weighted by molar-refractivity contribution is -0.142. The Balaban J connectivity index is 1.83. The zero-order chi connectivity index (χ0) is 26.5. The second kappa shape index (κ2) is 11.6. The van der Waals surface area contributed by atoms with Crippen molar-refractivity contribution in [1.29, 1.82) is 0 Å². The van der Waals surface area contributed by atoms with E-state index in [2.05, 4.69) is 5.32 Å². The van der Waals surface area contributed by atoms with Crippen molar-refractivity contribution in [3.8, 4) is 11.1 Å². The van der Waals surface area contributed by atoms with Crippen LogP contribution >= 0.6 is 23.2 Å². The first-order valence-electron chi connectivity index (χ1n) is 10.5. The molecule has 0 heterocycles. The van der Waals surface area contributed by atoms with E-state index in [4.69, 9.17) is 27.9 Å². The normalized spacial score (nSPS) is 11.9. The van der Waals surface area contributed by atoms with Gasteiger partial charge in [-0.2, -0.15) is 0 Å². The van der Waals surface area contributed by atoms with Crippen LogP contribution in [0.5, 0.6) is 0 Å². The number of amides is 2. The fourth-order valence-corrected chi connectivity index (χ4v) is 4.51. The summed E-state index contributed by atoms with van der Waals surface area (Å²) in [4.78, 5) is 37.6. The number of carbonyl (C=O) groups excluding carboxylic acids is 3. The summed E-state index contributed by atoms with van der Waals surface area (Å²) in [6.07, 6.45) is 1.01. The van der Waals surface area contributed by atoms with Crippen LogP contribution in [-0.2, 0) is 26.0 Å². The molecule has 0 aliphatic carbocycles. The minimum Gasteiger partial charge on any atom is -0.467 e. The summed E-state index contributed by atoms with van der Waals surface area (Å²) in [5.41, 5.74) is 2.11. The number of carbonyl (C=O) groups is 3. The van der Waals surface area contributed by atoms with Gasteiger partial charge in [0.05, 0.1) is 29.0 Å². The zero-order valence-electron chi connectivity index (χ0n) is 19.2. The second-order valence-electron chi connectivity index (χ2n) is 7.80. The SMILES string of the molecule is COC(=O)[C@H](Cc1ccc(-c2ccccc2C(=O)NS(C)(=O)=O)cc1)NC(=O)c1c(Cl)cccc1Cl. The van der Waals surface area contributed by atoms with Crippen LogP contribution in [0.3, 0.4) is 0 Å². The predicted octanol–water partition coefficient (Wildman–Crippen LogP) is 3.86. The van der Waals surface area contributed by atoms with E-state index in [-0.39, 0.29) is 27.6 Å². The van der Waals surface area contributed by atoms with E-state index >= 15 is 0 Å². The second-order valence-corrected chi connectivity index (χ2v) is 10.4. The Morgan fingerprint density at radius 3 is 2.08 bits per heavy atom. The smallest absolute Gasteiger partial charge is 0.328 e. The molecule has 0 aliphatic heterocycles. The number of halogens is 2. The van der Waals surface area contributed by atoms with E-state index in [1.807, 2.05) is 4.72 Å². The maximum Gasteiger partial charge on any atom is 0.328 e. The Bertz CT molecular complexity index is 1390. The van der Waals surface area contributed by atoms with Gasteiger partial charge in [-0.1, -0.05) is 71.7 Å². The zero-order valence-corrected chi connectivity index (χ0v) is 21.6. The fraction of sp³-hybridized carbons (Fsp3) is 0.160. The highest BCUT2D eigenvalue weighted by molar-refractivity contribution is 7.89. The highest BCUT2D eigenvalue weighted by Gasteiger charge is 2.25. The van der Waals surface area contributed by atoms with E-state index < -0.39 is 33.8 Å². The van der Waals surface area contributed by atoms with Crippen molar-refractivity contribution in [3.05, 3.63) is 93.5 Å². The molecule has 36 heavy (non-hydrogen) atoms. The maximum absolute atomic E-state index is 12.8. The van der Waals surface area contributed by atoms with Crippen molar-refractivity contribution in [3.63, 3.8) is 0 Å². The van der Waals surface area contributed by atoms with Crippen molar-refractivity contribution >= 4 is 51.0 Å². The third-order valence-corrected chi connectivity index (χ3v) is 6.32. The van der Waals surface area contributed by atoms with Crippen LogP contribution in [0.4, 0.5) is 0 Å². The molecule has 0 saturated carbocycles. The summed E-state index contributed by atoms with van der Waals surface area (Å²) in [5, 5.41) is 2.90. The van der Waals surface area contributed by atoms with Crippen LogP contribution in [0.2, 0.25) is 10.0 Å². The Morgan fingerprint density at radius 1 is 0.889 bits per heavy atom. The highest BCUT2D eigenvalue weighted by atomic mass is 35.5. The molecule has 8 nitrogen and oxygen atoms in total. The molecule has 11 heteroatoms. The van der Waals surface area contributed by atoms with E-state index in [9.17, 15) is 22.8 Å². The lowest BCUT2D eigenvalue weighted by Crippen LogP contribution is -2.43. The number of nitrogens with one attached hydrogen (secondary N) is 2. The number of hydrogen-bond donors (Lipinski definition) is 2. The van der Waals surface area contributed by atoms with Gasteiger partial charge in [-0.25, -0.2) is 17.9 Å². The van der Waals surface area contributed by atoms with E-state index in [1.54, 1.807) is 48.5 Å². The number of hydrogen-bond acceptors (Lipinski definition) is 6. The molecule has 0 aromatic heterocycles. The van der Waals surface area contributed by atoms with Gasteiger partial charge < -0.3 is 10.1 Å². The molecule has 2 N–H and O–H groups in total. The molecule has 188 valence electrons. The number of ether oxygens (including phenoxy) is 1. The largest absolute Gasteiger partial charge is 0.467 e. The number of rotatable bonds is 8. The van der Waals surface area contributed by atoms with Crippen LogP contribution < -0.4 is 10.0 Å². The fourth-order valence-electron chi connectivity index (χ4n) is 3.49. The van der Waals surface area contributed by atoms with E-state index in [0.29, 0.717) is 16.7 Å². The standard InChI is InChI=1S/C25H22Cl2N2O6S/c1-35-25(32)21(28-24(31)22-19(26)8-5-9-20(22)27)14-15-10-12-16(13-11-15)17-6-3-4-7-18(17)23(30)29-36(2,33)34/h3-13,21H,14H2,1-2H3,(H,28,31)(H,29,30)/t21-/m0/s1. The average molecular weight is 549 g/mol. The molecule has 0 unspecified atom stereocenters. The van der Waals surface area contributed by atoms with Crippen molar-refractivity contribution < 1.29 is 27.5 Å². The third-order valence-electron chi connectivity index (χ3n) is 5.14. The van der Waals surface area contributed by atoms with Crippen LogP contribution in [0, 0.1) is 0 Å². The number of methoxy groups -OCH3 is 1. The molecule has 3 rings (SSSR count). The summed E-state index contributed by atoms with van der Waals surface area (Å²) >= 11 is 12.2. The molecule has 3 aromatic carbocycles. The number of sulfonamides is 1. The van der Waals surface area contributed by atoms with E-state index in [1.165, 1.54) is 25.3 Å². The Morgan fingerprint density at radius 2 is 1.50 bits per heavy atom. The van der Waals surface area contributed by atoms with E-state index in [0.717, 1.165) is 6.26 Å². The van der Waals surface area contributed by atoms with Gasteiger partial charge >= 0.3 is 5.97 Å². The molecule has 1 atom stereocenters. The molecular weight excluding hydrogens is 527 g/mol. The lowest BCUT2D eigenvalue weighted by Gasteiger charge is -2.18. The molecule has 0 fully saturated rings. The number of benzene rings is 3. The van der Waals surface area contributed by atoms with Crippen LogP contribution in [0.1, 0.15) is 26.3 Å². The van der Waals surface area contributed by atoms with Gasteiger partial charge in [-0.3, -0.25) is 9.59 Å². The molecule has 0 radical (unpaired) electrons. The first kappa shape index (κ1) is 27.2. The molecule has 0 saturated heterocycles. The summed E-state index contributed by atoms with van der Waals surface area (Å²) in [6, 6.07) is 17.1. The molecular formula is C25H22Cl2N2O6S. The maximum atomic E-state index is 12.8. The molecule has 0 bridgehead atoms. The summed E-state index contributed by atoms with van der Waals surface area (Å²) in [5.74, 6) is -2.02. The van der Waals surface area contributed by atoms with Gasteiger partial charge in [0.1, 0.15) is 6.04 Å². The van der Waals surface area contributed by atoms with Gasteiger partial charge in [0, 0.05) is 12.0 Å². The third kappa shape index (κ3) is 6.84. The first-order chi connectivity index (χ1) is 17.0. The molecule has 3 aromatic rings.